The van der Waals surface area contributed by atoms with Crippen LogP contribution in [0.4, 0.5) is 0 Å². The molecule has 0 saturated heterocycles. The lowest BCUT2D eigenvalue weighted by atomic mass is 10.0. The fourth-order valence-corrected chi connectivity index (χ4v) is 2.25. The molecule has 0 fully saturated rings. The number of benzene rings is 1. The molecule has 1 heterocycles. The second-order valence-corrected chi connectivity index (χ2v) is 4.79. The topological polar surface area (TPSA) is 34.9 Å². The first-order valence-corrected chi connectivity index (χ1v) is 6.81. The van der Waals surface area contributed by atoms with Crippen LogP contribution in [0.3, 0.4) is 0 Å². The maximum atomic E-state index is 12.5. The SMILES string of the molecule is CCCc1ccc(C(=O)c2cn(C)nc2CC)cc1. The number of hydrogen-bond donors (Lipinski definition) is 0. The van der Waals surface area contributed by atoms with E-state index in [1.54, 1.807) is 10.9 Å². The molecule has 3 nitrogen and oxygen atoms in total. The first-order chi connectivity index (χ1) is 9.15. The Morgan fingerprint density at radius 1 is 1.21 bits per heavy atom. The van der Waals surface area contributed by atoms with Crippen molar-refractivity contribution in [2.45, 2.75) is 33.1 Å². The third kappa shape index (κ3) is 2.92. The molecule has 3 heteroatoms. The number of carbonyl (C=O) groups excluding carboxylic acids is 1. The Morgan fingerprint density at radius 2 is 1.89 bits per heavy atom. The molecule has 0 atom stereocenters. The summed E-state index contributed by atoms with van der Waals surface area (Å²) in [4.78, 5) is 12.5. The van der Waals surface area contributed by atoms with E-state index in [9.17, 15) is 4.79 Å². The molecule has 0 aliphatic carbocycles. The molecule has 0 aliphatic heterocycles. The fourth-order valence-electron chi connectivity index (χ4n) is 2.25. The number of aryl methyl sites for hydroxylation is 3. The van der Waals surface area contributed by atoms with Crippen LogP contribution in [0, 0.1) is 0 Å². The quantitative estimate of drug-likeness (QED) is 0.770. The van der Waals surface area contributed by atoms with Crippen LogP contribution >= 0.6 is 0 Å². The molecule has 0 amide bonds. The van der Waals surface area contributed by atoms with Crippen LogP contribution in [-0.4, -0.2) is 15.6 Å². The highest BCUT2D eigenvalue weighted by Crippen LogP contribution is 2.15. The van der Waals surface area contributed by atoms with E-state index < -0.39 is 0 Å². The summed E-state index contributed by atoms with van der Waals surface area (Å²) < 4.78 is 1.71. The average Bonchev–Trinajstić information content (AvgIpc) is 2.80. The zero-order valence-corrected chi connectivity index (χ0v) is 11.8. The Bertz CT molecular complexity index is 567. The third-order valence-electron chi connectivity index (χ3n) is 3.24. The number of nitrogens with zero attached hydrogens (tertiary/aromatic N) is 2. The van der Waals surface area contributed by atoms with Gasteiger partial charge in [0.25, 0.3) is 0 Å². The lowest BCUT2D eigenvalue weighted by Gasteiger charge is -2.02. The van der Waals surface area contributed by atoms with Crippen LogP contribution in [0.15, 0.2) is 30.5 Å². The second-order valence-electron chi connectivity index (χ2n) is 4.79. The van der Waals surface area contributed by atoms with Crippen molar-refractivity contribution in [1.29, 1.82) is 0 Å². The van der Waals surface area contributed by atoms with Gasteiger partial charge in [0.05, 0.1) is 11.3 Å². The van der Waals surface area contributed by atoms with Crippen molar-refractivity contribution < 1.29 is 4.79 Å². The molecule has 0 aliphatic rings. The van der Waals surface area contributed by atoms with E-state index in [-0.39, 0.29) is 5.78 Å². The van der Waals surface area contributed by atoms with Crippen LogP contribution in [-0.2, 0) is 19.9 Å². The molecule has 0 unspecified atom stereocenters. The smallest absolute Gasteiger partial charge is 0.196 e. The van der Waals surface area contributed by atoms with Gasteiger partial charge >= 0.3 is 0 Å². The summed E-state index contributed by atoms with van der Waals surface area (Å²) in [6.07, 6.45) is 4.76. The van der Waals surface area contributed by atoms with Gasteiger partial charge in [-0.15, -0.1) is 0 Å². The monoisotopic (exact) mass is 256 g/mol. The summed E-state index contributed by atoms with van der Waals surface area (Å²) in [5.74, 6) is 0.0630. The van der Waals surface area contributed by atoms with Crippen molar-refractivity contribution in [3.8, 4) is 0 Å². The van der Waals surface area contributed by atoms with Gasteiger partial charge in [0.15, 0.2) is 5.78 Å². The molecule has 0 radical (unpaired) electrons. The van der Waals surface area contributed by atoms with Crippen molar-refractivity contribution in [2.24, 2.45) is 7.05 Å². The molecule has 1 aromatic heterocycles. The molecule has 2 rings (SSSR count). The highest BCUT2D eigenvalue weighted by atomic mass is 16.1. The molecule has 0 saturated carbocycles. The van der Waals surface area contributed by atoms with Crippen LogP contribution in [0.1, 0.15) is 47.4 Å². The van der Waals surface area contributed by atoms with E-state index in [1.807, 2.05) is 38.2 Å². The van der Waals surface area contributed by atoms with Crippen LogP contribution in [0.25, 0.3) is 0 Å². The van der Waals surface area contributed by atoms with Gasteiger partial charge in [-0.05, 0) is 18.4 Å². The average molecular weight is 256 g/mol. The summed E-state index contributed by atoms with van der Waals surface area (Å²) in [5, 5.41) is 4.32. The number of ketones is 1. The molecule has 0 bridgehead atoms. The maximum Gasteiger partial charge on any atom is 0.196 e. The van der Waals surface area contributed by atoms with Gasteiger partial charge in [0.2, 0.25) is 0 Å². The number of aromatic nitrogens is 2. The lowest BCUT2D eigenvalue weighted by Crippen LogP contribution is -2.03. The fraction of sp³-hybridized carbons (Fsp3) is 0.375. The Morgan fingerprint density at radius 3 is 2.47 bits per heavy atom. The van der Waals surface area contributed by atoms with Crippen LogP contribution in [0.5, 0.6) is 0 Å². The van der Waals surface area contributed by atoms with Gasteiger partial charge in [-0.2, -0.15) is 5.10 Å². The molecular formula is C16H20N2O. The van der Waals surface area contributed by atoms with Gasteiger partial charge in [0.1, 0.15) is 0 Å². The van der Waals surface area contributed by atoms with Crippen molar-refractivity contribution >= 4 is 5.78 Å². The zero-order valence-electron chi connectivity index (χ0n) is 11.8. The van der Waals surface area contributed by atoms with Crippen LogP contribution < -0.4 is 0 Å². The first kappa shape index (κ1) is 13.5. The minimum absolute atomic E-state index is 0.0630. The van der Waals surface area contributed by atoms with Crippen molar-refractivity contribution in [2.75, 3.05) is 0 Å². The largest absolute Gasteiger partial charge is 0.288 e. The molecule has 0 N–H and O–H groups in total. The van der Waals surface area contributed by atoms with Gasteiger partial charge in [-0.25, -0.2) is 0 Å². The predicted molar refractivity (Wildman–Crippen MR) is 76.5 cm³/mol. The molecular weight excluding hydrogens is 236 g/mol. The molecule has 1 aromatic carbocycles. The van der Waals surface area contributed by atoms with E-state index >= 15 is 0 Å². The molecule has 100 valence electrons. The van der Waals surface area contributed by atoms with Crippen molar-refractivity contribution in [1.82, 2.24) is 9.78 Å². The van der Waals surface area contributed by atoms with E-state index in [0.29, 0.717) is 5.56 Å². The predicted octanol–water partition coefficient (Wildman–Crippen LogP) is 3.17. The lowest BCUT2D eigenvalue weighted by molar-refractivity contribution is 0.103. The summed E-state index contributed by atoms with van der Waals surface area (Å²) in [7, 11) is 1.85. The first-order valence-electron chi connectivity index (χ1n) is 6.81. The summed E-state index contributed by atoms with van der Waals surface area (Å²) >= 11 is 0. The molecule has 19 heavy (non-hydrogen) atoms. The molecule has 0 spiro atoms. The zero-order chi connectivity index (χ0) is 13.8. The van der Waals surface area contributed by atoms with Gasteiger partial charge in [0, 0.05) is 18.8 Å². The number of rotatable bonds is 5. The maximum absolute atomic E-state index is 12.5. The highest BCUT2D eigenvalue weighted by molar-refractivity contribution is 6.09. The number of carbonyl (C=O) groups is 1. The Labute approximate surface area is 114 Å². The Balaban J connectivity index is 2.28. The summed E-state index contributed by atoms with van der Waals surface area (Å²) in [6, 6.07) is 7.91. The normalized spacial score (nSPS) is 10.7. The summed E-state index contributed by atoms with van der Waals surface area (Å²) in [6.45, 7) is 4.17. The highest BCUT2D eigenvalue weighted by Gasteiger charge is 2.15. The number of hydrogen-bond acceptors (Lipinski definition) is 2. The van der Waals surface area contributed by atoms with Gasteiger partial charge in [-0.1, -0.05) is 44.5 Å². The standard InChI is InChI=1S/C16H20N2O/c1-4-6-12-7-9-13(10-8-12)16(19)14-11-18(3)17-15(14)5-2/h7-11H,4-6H2,1-3H3. The minimum Gasteiger partial charge on any atom is -0.288 e. The minimum atomic E-state index is 0.0630. The van der Waals surface area contributed by atoms with Crippen molar-refractivity contribution in [3.63, 3.8) is 0 Å². The van der Waals surface area contributed by atoms with Crippen LogP contribution in [0.2, 0.25) is 0 Å². The summed E-state index contributed by atoms with van der Waals surface area (Å²) in [5.41, 5.74) is 3.60. The molecule has 2 aromatic rings. The van der Waals surface area contributed by atoms with E-state index in [0.717, 1.165) is 30.5 Å². The second kappa shape index (κ2) is 5.83. The van der Waals surface area contributed by atoms with E-state index in [1.165, 1.54) is 5.56 Å². The van der Waals surface area contributed by atoms with Gasteiger partial charge < -0.3 is 0 Å². The Kier molecular flexibility index (Phi) is 4.15. The van der Waals surface area contributed by atoms with E-state index in [4.69, 9.17) is 0 Å². The third-order valence-corrected chi connectivity index (χ3v) is 3.24. The van der Waals surface area contributed by atoms with E-state index in [2.05, 4.69) is 12.0 Å². The van der Waals surface area contributed by atoms with Gasteiger partial charge in [-0.3, -0.25) is 9.48 Å². The Hall–Kier alpha value is -1.90. The van der Waals surface area contributed by atoms with Crippen molar-refractivity contribution in [3.05, 3.63) is 52.8 Å².